The molecular formula is C23H31N3O3. The zero-order chi connectivity index (χ0) is 20.6. The van der Waals surface area contributed by atoms with Crippen LogP contribution in [0.3, 0.4) is 0 Å². The fraction of sp³-hybridized carbons (Fsp3) is 0.435. The van der Waals surface area contributed by atoms with Gasteiger partial charge in [0.05, 0.1) is 31.4 Å². The zero-order valence-corrected chi connectivity index (χ0v) is 17.6. The van der Waals surface area contributed by atoms with Gasteiger partial charge in [-0.3, -0.25) is 9.69 Å². The van der Waals surface area contributed by atoms with Gasteiger partial charge in [-0.05, 0) is 36.8 Å². The molecule has 3 rings (SSSR count). The molecule has 0 saturated carbocycles. The number of para-hydroxylation sites is 1. The highest BCUT2D eigenvalue weighted by Crippen LogP contribution is 2.24. The molecule has 6 heteroatoms. The van der Waals surface area contributed by atoms with E-state index in [-0.39, 0.29) is 11.9 Å². The molecular weight excluding hydrogens is 366 g/mol. The molecule has 0 unspecified atom stereocenters. The first kappa shape index (κ1) is 21.1. The molecule has 1 N–H and O–H groups in total. The van der Waals surface area contributed by atoms with Crippen molar-refractivity contribution < 1.29 is 14.3 Å². The SMILES string of the molecule is CCOc1ccccc1C(=O)NC[C@@H](c1ccc(N(C)C)cc1)N1CCOCC1. The van der Waals surface area contributed by atoms with Gasteiger partial charge in [-0.2, -0.15) is 0 Å². The number of anilines is 1. The van der Waals surface area contributed by atoms with E-state index in [1.807, 2.05) is 39.2 Å². The fourth-order valence-electron chi connectivity index (χ4n) is 3.56. The van der Waals surface area contributed by atoms with Gasteiger partial charge in [-0.1, -0.05) is 24.3 Å². The molecule has 156 valence electrons. The largest absolute Gasteiger partial charge is 0.493 e. The summed E-state index contributed by atoms with van der Waals surface area (Å²) in [5.74, 6) is 0.503. The lowest BCUT2D eigenvalue weighted by molar-refractivity contribution is 0.0162. The summed E-state index contributed by atoms with van der Waals surface area (Å²) < 4.78 is 11.1. The third-order valence-electron chi connectivity index (χ3n) is 5.17. The molecule has 0 bridgehead atoms. The van der Waals surface area contributed by atoms with Crippen molar-refractivity contribution >= 4 is 11.6 Å². The van der Waals surface area contributed by atoms with E-state index in [1.54, 1.807) is 6.07 Å². The number of carbonyl (C=O) groups excluding carboxylic acids is 1. The summed E-state index contributed by atoms with van der Waals surface area (Å²) in [6.45, 7) is 6.11. The van der Waals surface area contributed by atoms with Gasteiger partial charge in [-0.15, -0.1) is 0 Å². The number of rotatable bonds is 8. The number of nitrogens with zero attached hydrogens (tertiary/aromatic N) is 2. The molecule has 6 nitrogen and oxygen atoms in total. The Balaban J connectivity index is 1.75. The Hall–Kier alpha value is -2.57. The summed E-state index contributed by atoms with van der Waals surface area (Å²) in [7, 11) is 4.06. The maximum absolute atomic E-state index is 12.9. The molecule has 1 saturated heterocycles. The van der Waals surface area contributed by atoms with E-state index in [0.29, 0.717) is 37.7 Å². The van der Waals surface area contributed by atoms with Gasteiger partial charge < -0.3 is 19.7 Å². The average Bonchev–Trinajstić information content (AvgIpc) is 2.75. The zero-order valence-electron chi connectivity index (χ0n) is 17.6. The number of morpholine rings is 1. The third kappa shape index (κ3) is 5.49. The molecule has 1 aliphatic rings. The Kier molecular flexibility index (Phi) is 7.49. The van der Waals surface area contributed by atoms with Crippen LogP contribution in [-0.2, 0) is 4.74 Å². The first-order valence-corrected chi connectivity index (χ1v) is 10.2. The quantitative estimate of drug-likeness (QED) is 0.742. The van der Waals surface area contributed by atoms with Gasteiger partial charge in [-0.25, -0.2) is 0 Å². The first-order valence-electron chi connectivity index (χ1n) is 10.2. The van der Waals surface area contributed by atoms with Crippen molar-refractivity contribution in [2.24, 2.45) is 0 Å². The monoisotopic (exact) mass is 397 g/mol. The maximum atomic E-state index is 12.9. The van der Waals surface area contributed by atoms with Crippen LogP contribution in [0.25, 0.3) is 0 Å². The van der Waals surface area contributed by atoms with Crippen molar-refractivity contribution in [1.82, 2.24) is 10.2 Å². The molecule has 1 heterocycles. The maximum Gasteiger partial charge on any atom is 0.255 e. The summed E-state index contributed by atoms with van der Waals surface area (Å²) in [6.07, 6.45) is 0. The Bertz CT molecular complexity index is 786. The van der Waals surface area contributed by atoms with Gasteiger partial charge in [0, 0.05) is 39.4 Å². The van der Waals surface area contributed by atoms with Gasteiger partial charge in [0.1, 0.15) is 5.75 Å². The molecule has 1 atom stereocenters. The Morgan fingerprint density at radius 1 is 1.14 bits per heavy atom. The highest BCUT2D eigenvalue weighted by atomic mass is 16.5. The van der Waals surface area contributed by atoms with E-state index in [1.165, 1.54) is 5.56 Å². The molecule has 0 radical (unpaired) electrons. The van der Waals surface area contributed by atoms with E-state index in [9.17, 15) is 4.79 Å². The minimum absolute atomic E-state index is 0.0957. The Morgan fingerprint density at radius 3 is 2.48 bits per heavy atom. The van der Waals surface area contributed by atoms with Gasteiger partial charge in [0.25, 0.3) is 5.91 Å². The second kappa shape index (κ2) is 10.3. The molecule has 0 spiro atoms. The van der Waals surface area contributed by atoms with Crippen LogP contribution in [0.4, 0.5) is 5.69 Å². The molecule has 2 aromatic carbocycles. The van der Waals surface area contributed by atoms with Crippen LogP contribution >= 0.6 is 0 Å². The number of ether oxygens (including phenoxy) is 2. The smallest absolute Gasteiger partial charge is 0.255 e. The van der Waals surface area contributed by atoms with Gasteiger partial charge in [0.2, 0.25) is 0 Å². The van der Waals surface area contributed by atoms with E-state index in [2.05, 4.69) is 39.4 Å². The predicted molar refractivity (Wildman–Crippen MR) is 116 cm³/mol. The number of benzene rings is 2. The Labute approximate surface area is 173 Å². The first-order chi connectivity index (χ1) is 14.1. The van der Waals surface area contributed by atoms with Crippen LogP contribution in [-0.4, -0.2) is 64.4 Å². The number of hydrogen-bond donors (Lipinski definition) is 1. The number of carbonyl (C=O) groups is 1. The van der Waals surface area contributed by atoms with Crippen LogP contribution in [0.5, 0.6) is 5.75 Å². The van der Waals surface area contributed by atoms with E-state index in [0.717, 1.165) is 18.8 Å². The molecule has 2 aromatic rings. The summed E-state index contributed by atoms with van der Waals surface area (Å²) in [6, 6.07) is 16.0. The van der Waals surface area contributed by atoms with Crippen LogP contribution in [0, 0.1) is 0 Å². The highest BCUT2D eigenvalue weighted by molar-refractivity contribution is 5.96. The molecule has 29 heavy (non-hydrogen) atoms. The average molecular weight is 398 g/mol. The molecule has 1 fully saturated rings. The summed E-state index contributed by atoms with van der Waals surface area (Å²) in [5.41, 5.74) is 2.91. The normalized spacial score (nSPS) is 15.6. The fourth-order valence-corrected chi connectivity index (χ4v) is 3.56. The molecule has 1 aliphatic heterocycles. The summed E-state index contributed by atoms with van der Waals surface area (Å²) in [5, 5.41) is 3.12. The van der Waals surface area contributed by atoms with Crippen LogP contribution in [0.2, 0.25) is 0 Å². The van der Waals surface area contributed by atoms with Gasteiger partial charge in [0.15, 0.2) is 0 Å². The summed E-state index contributed by atoms with van der Waals surface area (Å²) >= 11 is 0. The molecule has 1 amide bonds. The lowest BCUT2D eigenvalue weighted by atomic mass is 10.0. The van der Waals surface area contributed by atoms with Crippen molar-refractivity contribution in [3.8, 4) is 5.75 Å². The number of amides is 1. The van der Waals surface area contributed by atoms with Crippen LogP contribution in [0.15, 0.2) is 48.5 Å². The van der Waals surface area contributed by atoms with Crippen molar-refractivity contribution in [2.75, 3.05) is 58.5 Å². The van der Waals surface area contributed by atoms with Crippen LogP contribution in [0.1, 0.15) is 28.9 Å². The van der Waals surface area contributed by atoms with E-state index >= 15 is 0 Å². The van der Waals surface area contributed by atoms with E-state index < -0.39 is 0 Å². The lowest BCUT2D eigenvalue weighted by Crippen LogP contribution is -2.43. The second-order valence-electron chi connectivity index (χ2n) is 7.29. The number of hydrogen-bond acceptors (Lipinski definition) is 5. The van der Waals surface area contributed by atoms with Crippen molar-refractivity contribution in [1.29, 1.82) is 0 Å². The predicted octanol–water partition coefficient (Wildman–Crippen LogP) is 2.95. The van der Waals surface area contributed by atoms with Crippen molar-refractivity contribution in [3.05, 3.63) is 59.7 Å². The van der Waals surface area contributed by atoms with Crippen molar-refractivity contribution in [3.63, 3.8) is 0 Å². The third-order valence-corrected chi connectivity index (χ3v) is 5.17. The van der Waals surface area contributed by atoms with Crippen LogP contribution < -0.4 is 15.0 Å². The van der Waals surface area contributed by atoms with Crippen molar-refractivity contribution in [2.45, 2.75) is 13.0 Å². The lowest BCUT2D eigenvalue weighted by Gasteiger charge is -2.35. The number of nitrogens with one attached hydrogen (secondary N) is 1. The minimum Gasteiger partial charge on any atom is -0.493 e. The topological polar surface area (TPSA) is 54.0 Å². The van der Waals surface area contributed by atoms with Gasteiger partial charge >= 0.3 is 0 Å². The standard InChI is InChI=1S/C23H31N3O3/c1-4-29-22-8-6-5-7-20(22)23(27)24-17-21(26-13-15-28-16-14-26)18-9-11-19(12-10-18)25(2)3/h5-12,21H,4,13-17H2,1-3H3,(H,24,27)/t21-/m0/s1. The second-order valence-corrected chi connectivity index (χ2v) is 7.29. The Morgan fingerprint density at radius 2 is 1.83 bits per heavy atom. The molecule has 0 aromatic heterocycles. The van der Waals surface area contributed by atoms with E-state index in [4.69, 9.17) is 9.47 Å². The highest BCUT2D eigenvalue weighted by Gasteiger charge is 2.24. The molecule has 0 aliphatic carbocycles. The minimum atomic E-state index is -0.114. The summed E-state index contributed by atoms with van der Waals surface area (Å²) in [4.78, 5) is 17.3.